The molecule has 2 unspecified atom stereocenters. The zero-order valence-electron chi connectivity index (χ0n) is 10.2. The quantitative estimate of drug-likeness (QED) is 0.822. The zero-order valence-corrected chi connectivity index (χ0v) is 10.2. The van der Waals surface area contributed by atoms with Gasteiger partial charge in [-0.25, -0.2) is 4.39 Å². The molecule has 2 fully saturated rings. The van der Waals surface area contributed by atoms with Gasteiger partial charge < -0.3 is 10.2 Å². The van der Waals surface area contributed by atoms with E-state index in [-0.39, 0.29) is 5.82 Å². The number of rotatable bonds is 1. The molecule has 2 heterocycles. The molecule has 1 aromatic rings. The van der Waals surface area contributed by atoms with E-state index >= 15 is 0 Å². The Kier molecular flexibility index (Phi) is 2.92. The molecule has 0 saturated carbocycles. The number of nitriles is 1. The molecule has 94 valence electrons. The van der Waals surface area contributed by atoms with E-state index in [1.165, 1.54) is 25.0 Å². The highest BCUT2D eigenvalue weighted by Crippen LogP contribution is 2.27. The lowest BCUT2D eigenvalue weighted by Gasteiger charge is -2.27. The number of halogens is 1. The maximum absolute atomic E-state index is 13.1. The summed E-state index contributed by atoms with van der Waals surface area (Å²) >= 11 is 0. The Morgan fingerprint density at radius 1 is 1.28 bits per heavy atom. The largest absolute Gasteiger partial charge is 0.369 e. The number of benzene rings is 1. The van der Waals surface area contributed by atoms with Crippen molar-refractivity contribution in [2.24, 2.45) is 0 Å². The molecular formula is C14H16FN3. The first-order valence-electron chi connectivity index (χ1n) is 6.47. The van der Waals surface area contributed by atoms with Crippen molar-refractivity contribution in [3.05, 3.63) is 29.6 Å². The standard InChI is InChI=1S/C14H16FN3/c15-11-1-4-14(10(7-11)8-16)18-6-5-12-2-3-13(9-18)17-12/h1,4,7,12-13,17H,2-3,5-6,9H2. The molecule has 18 heavy (non-hydrogen) atoms. The Labute approximate surface area is 106 Å². The van der Waals surface area contributed by atoms with E-state index in [4.69, 9.17) is 5.26 Å². The molecule has 0 aromatic heterocycles. The van der Waals surface area contributed by atoms with Crippen LogP contribution in [0, 0.1) is 17.1 Å². The summed E-state index contributed by atoms with van der Waals surface area (Å²) in [5.41, 5.74) is 1.31. The topological polar surface area (TPSA) is 39.1 Å². The highest BCUT2D eigenvalue weighted by molar-refractivity contribution is 5.59. The predicted molar refractivity (Wildman–Crippen MR) is 67.9 cm³/mol. The first kappa shape index (κ1) is 11.5. The van der Waals surface area contributed by atoms with E-state index in [1.807, 2.05) is 0 Å². The fraction of sp³-hybridized carbons (Fsp3) is 0.500. The summed E-state index contributed by atoms with van der Waals surface area (Å²) in [7, 11) is 0. The Hall–Kier alpha value is -1.60. The van der Waals surface area contributed by atoms with Gasteiger partial charge in [0.05, 0.1) is 11.3 Å². The molecule has 1 N–H and O–H groups in total. The van der Waals surface area contributed by atoms with Gasteiger partial charge in [-0.3, -0.25) is 0 Å². The minimum absolute atomic E-state index is 0.343. The molecule has 2 bridgehead atoms. The number of nitrogens with one attached hydrogen (secondary N) is 1. The summed E-state index contributed by atoms with van der Waals surface area (Å²) in [6.45, 7) is 1.85. The zero-order chi connectivity index (χ0) is 12.5. The fourth-order valence-corrected chi connectivity index (χ4v) is 3.04. The molecule has 0 aliphatic carbocycles. The number of fused-ring (bicyclic) bond motifs is 2. The van der Waals surface area contributed by atoms with E-state index < -0.39 is 0 Å². The first-order chi connectivity index (χ1) is 8.76. The average Bonchev–Trinajstić information content (AvgIpc) is 2.70. The molecule has 4 heteroatoms. The number of nitrogens with zero attached hydrogens (tertiary/aromatic N) is 2. The molecule has 0 radical (unpaired) electrons. The van der Waals surface area contributed by atoms with Crippen molar-refractivity contribution >= 4 is 5.69 Å². The summed E-state index contributed by atoms with van der Waals surface area (Å²) in [5, 5.41) is 12.7. The van der Waals surface area contributed by atoms with Gasteiger partial charge >= 0.3 is 0 Å². The van der Waals surface area contributed by atoms with Crippen LogP contribution in [0.25, 0.3) is 0 Å². The lowest BCUT2D eigenvalue weighted by atomic mass is 10.1. The summed E-state index contributed by atoms with van der Waals surface area (Å²) in [4.78, 5) is 2.22. The number of hydrogen-bond donors (Lipinski definition) is 1. The molecule has 0 spiro atoms. The van der Waals surface area contributed by atoms with Crippen LogP contribution in [0.4, 0.5) is 10.1 Å². The van der Waals surface area contributed by atoms with Gasteiger partial charge in [-0.05, 0) is 37.5 Å². The van der Waals surface area contributed by atoms with Crippen LogP contribution in [-0.4, -0.2) is 25.2 Å². The van der Waals surface area contributed by atoms with Crippen LogP contribution < -0.4 is 10.2 Å². The maximum atomic E-state index is 13.1. The van der Waals surface area contributed by atoms with E-state index in [1.54, 1.807) is 6.07 Å². The SMILES string of the molecule is N#Cc1cc(F)ccc1N1CCC2CCC(C1)N2. The lowest BCUT2D eigenvalue weighted by molar-refractivity contribution is 0.563. The second kappa shape index (κ2) is 4.58. The third-order valence-electron chi connectivity index (χ3n) is 3.94. The van der Waals surface area contributed by atoms with Crippen molar-refractivity contribution in [1.29, 1.82) is 5.26 Å². The molecule has 3 nitrogen and oxygen atoms in total. The third-order valence-corrected chi connectivity index (χ3v) is 3.94. The van der Waals surface area contributed by atoms with Gasteiger partial charge in [-0.2, -0.15) is 5.26 Å². The summed E-state index contributed by atoms with van der Waals surface area (Å²) < 4.78 is 13.1. The van der Waals surface area contributed by atoms with Gasteiger partial charge in [0.1, 0.15) is 11.9 Å². The van der Waals surface area contributed by atoms with Crippen molar-refractivity contribution in [3.8, 4) is 6.07 Å². The fourth-order valence-electron chi connectivity index (χ4n) is 3.04. The first-order valence-corrected chi connectivity index (χ1v) is 6.47. The van der Waals surface area contributed by atoms with Crippen molar-refractivity contribution < 1.29 is 4.39 Å². The van der Waals surface area contributed by atoms with Gasteiger partial charge in [0.2, 0.25) is 0 Å². The third kappa shape index (κ3) is 2.06. The molecule has 2 saturated heterocycles. The van der Waals surface area contributed by atoms with Crippen LogP contribution in [0.1, 0.15) is 24.8 Å². The Morgan fingerprint density at radius 2 is 2.11 bits per heavy atom. The molecule has 2 atom stereocenters. The van der Waals surface area contributed by atoms with Gasteiger partial charge in [0, 0.05) is 25.2 Å². The Morgan fingerprint density at radius 3 is 2.94 bits per heavy atom. The molecule has 3 rings (SSSR count). The number of anilines is 1. The van der Waals surface area contributed by atoms with Gasteiger partial charge in [-0.1, -0.05) is 0 Å². The smallest absolute Gasteiger partial charge is 0.124 e. The highest BCUT2D eigenvalue weighted by atomic mass is 19.1. The van der Waals surface area contributed by atoms with Gasteiger partial charge in [-0.15, -0.1) is 0 Å². The molecule has 2 aliphatic rings. The van der Waals surface area contributed by atoms with Crippen LogP contribution in [0.2, 0.25) is 0 Å². The van der Waals surface area contributed by atoms with Crippen LogP contribution in [-0.2, 0) is 0 Å². The van der Waals surface area contributed by atoms with Crippen LogP contribution >= 0.6 is 0 Å². The molecule has 1 aromatic carbocycles. The van der Waals surface area contributed by atoms with E-state index in [0.717, 1.165) is 25.2 Å². The monoisotopic (exact) mass is 245 g/mol. The predicted octanol–water partition coefficient (Wildman–Crippen LogP) is 2.03. The van der Waals surface area contributed by atoms with E-state index in [9.17, 15) is 4.39 Å². The van der Waals surface area contributed by atoms with Crippen molar-refractivity contribution in [3.63, 3.8) is 0 Å². The van der Waals surface area contributed by atoms with Gasteiger partial charge in [0.15, 0.2) is 0 Å². The Balaban J connectivity index is 1.88. The second-order valence-electron chi connectivity index (χ2n) is 5.15. The van der Waals surface area contributed by atoms with Crippen molar-refractivity contribution in [2.75, 3.05) is 18.0 Å². The van der Waals surface area contributed by atoms with Crippen LogP contribution in [0.5, 0.6) is 0 Å². The minimum atomic E-state index is -0.343. The summed E-state index contributed by atoms with van der Waals surface area (Å²) in [6.07, 6.45) is 3.55. The molecule has 2 aliphatic heterocycles. The molecular weight excluding hydrogens is 229 g/mol. The lowest BCUT2D eigenvalue weighted by Crippen LogP contribution is -2.35. The molecule has 0 amide bonds. The Bertz CT molecular complexity index is 494. The normalized spacial score (nSPS) is 26.8. The van der Waals surface area contributed by atoms with Crippen LogP contribution in [0.15, 0.2) is 18.2 Å². The summed E-state index contributed by atoms with van der Waals surface area (Å²) in [5.74, 6) is -0.343. The van der Waals surface area contributed by atoms with E-state index in [0.29, 0.717) is 17.6 Å². The summed E-state index contributed by atoms with van der Waals surface area (Å²) in [6, 6.07) is 7.71. The number of hydrogen-bond acceptors (Lipinski definition) is 3. The highest BCUT2D eigenvalue weighted by Gasteiger charge is 2.29. The van der Waals surface area contributed by atoms with E-state index in [2.05, 4.69) is 16.3 Å². The van der Waals surface area contributed by atoms with Gasteiger partial charge in [0.25, 0.3) is 0 Å². The second-order valence-corrected chi connectivity index (χ2v) is 5.15. The van der Waals surface area contributed by atoms with Crippen LogP contribution in [0.3, 0.4) is 0 Å². The minimum Gasteiger partial charge on any atom is -0.369 e. The van der Waals surface area contributed by atoms with Crippen molar-refractivity contribution in [1.82, 2.24) is 5.32 Å². The maximum Gasteiger partial charge on any atom is 0.124 e. The van der Waals surface area contributed by atoms with Crippen molar-refractivity contribution in [2.45, 2.75) is 31.3 Å². The average molecular weight is 245 g/mol.